The Morgan fingerprint density at radius 1 is 1.00 bits per heavy atom. The van der Waals surface area contributed by atoms with Crippen LogP contribution >= 0.6 is 11.6 Å². The lowest BCUT2D eigenvalue weighted by Crippen LogP contribution is -2.44. The molecule has 11 heteroatoms. The van der Waals surface area contributed by atoms with Crippen LogP contribution in [0.4, 0.5) is 15.8 Å². The zero-order chi connectivity index (χ0) is 27.2. The molecule has 0 aromatic heterocycles. The molecule has 0 aliphatic rings. The first kappa shape index (κ1) is 27.9. The Labute approximate surface area is 220 Å². The minimum absolute atomic E-state index is 0.0650. The second-order valence-corrected chi connectivity index (χ2v) is 10.7. The van der Waals surface area contributed by atoms with Gasteiger partial charge in [0, 0.05) is 16.3 Å². The number of methoxy groups -OCH3 is 1. The topological polar surface area (TPSA) is 114 Å². The number of hydrogen-bond acceptors (Lipinski definition) is 5. The molecule has 3 rings (SSSR count). The summed E-state index contributed by atoms with van der Waals surface area (Å²) >= 11 is 5.88. The number of sulfonamides is 1. The minimum Gasteiger partial charge on any atom is -0.495 e. The fourth-order valence-corrected chi connectivity index (χ4v) is 4.65. The van der Waals surface area contributed by atoms with Gasteiger partial charge in [-0.3, -0.25) is 14.3 Å². The SMILES string of the molecule is COc1ccc(NC(=O)[C@H](CC(C)C)NC(=O)c2ccc(Cl)cc2)cc1NS(=O)(=O)c1ccc(F)cc1. The van der Waals surface area contributed by atoms with Crippen molar-refractivity contribution in [2.24, 2.45) is 5.92 Å². The summed E-state index contributed by atoms with van der Waals surface area (Å²) in [6.45, 7) is 3.84. The fraction of sp³-hybridized carbons (Fsp3) is 0.231. The maximum absolute atomic E-state index is 13.2. The van der Waals surface area contributed by atoms with Crippen molar-refractivity contribution in [1.29, 1.82) is 0 Å². The van der Waals surface area contributed by atoms with Crippen molar-refractivity contribution >= 4 is 44.8 Å². The second kappa shape index (κ2) is 12.1. The van der Waals surface area contributed by atoms with Gasteiger partial charge < -0.3 is 15.4 Å². The molecule has 0 spiro atoms. The van der Waals surface area contributed by atoms with E-state index in [4.69, 9.17) is 16.3 Å². The van der Waals surface area contributed by atoms with Gasteiger partial charge in [-0.1, -0.05) is 25.4 Å². The van der Waals surface area contributed by atoms with Crippen molar-refractivity contribution in [2.75, 3.05) is 17.1 Å². The molecule has 0 bridgehead atoms. The highest BCUT2D eigenvalue weighted by atomic mass is 35.5. The van der Waals surface area contributed by atoms with E-state index >= 15 is 0 Å². The van der Waals surface area contributed by atoms with E-state index in [1.54, 1.807) is 30.3 Å². The fourth-order valence-electron chi connectivity index (χ4n) is 3.46. The molecule has 1 atom stereocenters. The van der Waals surface area contributed by atoms with Crippen molar-refractivity contribution in [1.82, 2.24) is 5.32 Å². The number of anilines is 2. The van der Waals surface area contributed by atoms with E-state index in [0.717, 1.165) is 24.3 Å². The quantitative estimate of drug-likeness (QED) is 0.328. The molecular weight excluding hydrogens is 521 g/mol. The van der Waals surface area contributed by atoms with E-state index in [0.29, 0.717) is 17.0 Å². The summed E-state index contributed by atoms with van der Waals surface area (Å²) in [4.78, 5) is 25.7. The lowest BCUT2D eigenvalue weighted by atomic mass is 10.0. The van der Waals surface area contributed by atoms with E-state index in [2.05, 4.69) is 15.4 Å². The molecule has 3 N–H and O–H groups in total. The molecule has 0 saturated heterocycles. The number of benzene rings is 3. The van der Waals surface area contributed by atoms with Gasteiger partial charge in [0.2, 0.25) is 5.91 Å². The average Bonchev–Trinajstić information content (AvgIpc) is 2.84. The smallest absolute Gasteiger partial charge is 0.262 e. The van der Waals surface area contributed by atoms with Gasteiger partial charge in [-0.15, -0.1) is 0 Å². The first-order chi connectivity index (χ1) is 17.5. The molecule has 3 aromatic rings. The summed E-state index contributed by atoms with van der Waals surface area (Å²) in [5, 5.41) is 5.95. The predicted octanol–water partition coefficient (Wildman–Crippen LogP) is 5.07. The zero-order valence-corrected chi connectivity index (χ0v) is 22.0. The van der Waals surface area contributed by atoms with Gasteiger partial charge in [0.05, 0.1) is 17.7 Å². The highest BCUT2D eigenvalue weighted by Crippen LogP contribution is 2.30. The second-order valence-electron chi connectivity index (χ2n) is 8.63. The van der Waals surface area contributed by atoms with Crippen LogP contribution in [0.15, 0.2) is 71.6 Å². The van der Waals surface area contributed by atoms with Crippen LogP contribution in [-0.4, -0.2) is 33.4 Å². The molecule has 0 unspecified atom stereocenters. The van der Waals surface area contributed by atoms with Gasteiger partial charge in [0.1, 0.15) is 17.6 Å². The first-order valence-corrected chi connectivity index (χ1v) is 13.2. The predicted molar refractivity (Wildman–Crippen MR) is 141 cm³/mol. The highest BCUT2D eigenvalue weighted by molar-refractivity contribution is 7.92. The van der Waals surface area contributed by atoms with E-state index in [9.17, 15) is 22.4 Å². The number of rotatable bonds is 10. The number of carbonyl (C=O) groups excluding carboxylic acids is 2. The first-order valence-electron chi connectivity index (χ1n) is 11.3. The molecule has 0 aliphatic carbocycles. The molecule has 0 saturated carbocycles. The van der Waals surface area contributed by atoms with Crippen LogP contribution in [0.1, 0.15) is 30.6 Å². The van der Waals surface area contributed by atoms with Crippen LogP contribution in [0, 0.1) is 11.7 Å². The molecule has 0 fully saturated rings. The van der Waals surface area contributed by atoms with Crippen LogP contribution in [0.5, 0.6) is 5.75 Å². The summed E-state index contributed by atoms with van der Waals surface area (Å²) in [5.41, 5.74) is 0.695. The van der Waals surface area contributed by atoms with Crippen molar-refractivity contribution in [3.8, 4) is 5.75 Å². The third kappa shape index (κ3) is 7.68. The Morgan fingerprint density at radius 2 is 1.65 bits per heavy atom. The number of halogens is 2. The van der Waals surface area contributed by atoms with Gasteiger partial charge in [-0.2, -0.15) is 0 Å². The number of amides is 2. The van der Waals surface area contributed by atoms with Crippen LogP contribution < -0.4 is 20.1 Å². The monoisotopic (exact) mass is 547 g/mol. The van der Waals surface area contributed by atoms with Gasteiger partial charge in [-0.25, -0.2) is 12.8 Å². The highest BCUT2D eigenvalue weighted by Gasteiger charge is 2.24. The molecule has 2 amide bonds. The lowest BCUT2D eigenvalue weighted by Gasteiger charge is -2.21. The normalized spacial score (nSPS) is 12.1. The molecule has 196 valence electrons. The molecule has 0 heterocycles. The number of ether oxygens (including phenoxy) is 1. The van der Waals surface area contributed by atoms with E-state index in [-0.39, 0.29) is 27.9 Å². The summed E-state index contributed by atoms with van der Waals surface area (Å²) in [6, 6.07) is 14.2. The van der Waals surface area contributed by atoms with Crippen LogP contribution in [-0.2, 0) is 14.8 Å². The summed E-state index contributed by atoms with van der Waals surface area (Å²) in [6.07, 6.45) is 0.366. The van der Waals surface area contributed by atoms with Crippen LogP contribution in [0.25, 0.3) is 0 Å². The van der Waals surface area contributed by atoms with Gasteiger partial charge in [0.25, 0.3) is 15.9 Å². The molecule has 0 radical (unpaired) electrons. The Hall–Kier alpha value is -3.63. The standard InChI is InChI=1S/C26H27ClFN3O5S/c1-16(2)14-23(30-25(32)17-4-6-18(27)7-5-17)26(33)29-20-10-13-24(36-3)22(15-20)31-37(34,35)21-11-8-19(28)9-12-21/h4-13,15-16,23,31H,14H2,1-3H3,(H,29,33)(H,30,32)/t23-/m0/s1. The minimum atomic E-state index is -4.07. The van der Waals surface area contributed by atoms with Crippen molar-refractivity contribution in [3.63, 3.8) is 0 Å². The maximum atomic E-state index is 13.2. The van der Waals surface area contributed by atoms with Crippen molar-refractivity contribution < 1.29 is 27.1 Å². The Kier molecular flexibility index (Phi) is 9.12. The molecule has 8 nitrogen and oxygen atoms in total. The summed E-state index contributed by atoms with van der Waals surface area (Å²) in [7, 11) is -2.70. The van der Waals surface area contributed by atoms with E-state index < -0.39 is 33.7 Å². The average molecular weight is 548 g/mol. The summed E-state index contributed by atoms with van der Waals surface area (Å²) < 4.78 is 46.5. The van der Waals surface area contributed by atoms with Crippen molar-refractivity contribution in [3.05, 3.63) is 83.1 Å². The number of hydrogen-bond donors (Lipinski definition) is 3. The van der Waals surface area contributed by atoms with Crippen molar-refractivity contribution in [2.45, 2.75) is 31.2 Å². The number of nitrogens with one attached hydrogen (secondary N) is 3. The Bertz CT molecular complexity index is 1360. The van der Waals surface area contributed by atoms with Gasteiger partial charge in [0.15, 0.2) is 0 Å². The molecule has 3 aromatic carbocycles. The van der Waals surface area contributed by atoms with Gasteiger partial charge >= 0.3 is 0 Å². The largest absolute Gasteiger partial charge is 0.495 e. The van der Waals surface area contributed by atoms with E-state index in [1.165, 1.54) is 19.2 Å². The molecular formula is C26H27ClFN3O5S. The Balaban J connectivity index is 1.80. The third-order valence-corrected chi connectivity index (χ3v) is 6.90. The zero-order valence-electron chi connectivity index (χ0n) is 20.4. The van der Waals surface area contributed by atoms with E-state index in [1.807, 2.05) is 13.8 Å². The molecule has 0 aliphatic heterocycles. The van der Waals surface area contributed by atoms with Crippen LogP contribution in [0.2, 0.25) is 5.02 Å². The van der Waals surface area contributed by atoms with Gasteiger partial charge in [-0.05, 0) is 79.1 Å². The van der Waals surface area contributed by atoms with Crippen LogP contribution in [0.3, 0.4) is 0 Å². The number of carbonyl (C=O) groups is 2. The molecule has 37 heavy (non-hydrogen) atoms. The summed E-state index contributed by atoms with van der Waals surface area (Å²) in [5.74, 6) is -1.18. The third-order valence-electron chi connectivity index (χ3n) is 5.27. The maximum Gasteiger partial charge on any atom is 0.262 e. The Morgan fingerprint density at radius 3 is 2.24 bits per heavy atom. The lowest BCUT2D eigenvalue weighted by molar-refractivity contribution is -0.118.